The lowest BCUT2D eigenvalue weighted by molar-refractivity contribution is -0.137. The van der Waals surface area contributed by atoms with E-state index in [9.17, 15) is 18.3 Å². The first-order valence-electron chi connectivity index (χ1n) is 9.37. The highest BCUT2D eigenvalue weighted by Crippen LogP contribution is 2.40. The molecule has 0 radical (unpaired) electrons. The summed E-state index contributed by atoms with van der Waals surface area (Å²) in [5, 5.41) is 10.4. The number of carbonyl (C=O) groups excluding carboxylic acids is 1. The van der Waals surface area contributed by atoms with Gasteiger partial charge in [-0.15, -0.1) is 0 Å². The summed E-state index contributed by atoms with van der Waals surface area (Å²) < 4.78 is 36.3. The molecule has 1 N–H and O–H groups in total. The van der Waals surface area contributed by atoms with Gasteiger partial charge in [0.2, 0.25) is 9.84 Å². The molecule has 0 saturated heterocycles. The van der Waals surface area contributed by atoms with Gasteiger partial charge in [-0.25, -0.2) is 13.2 Å². The number of phenolic OH excluding ortho intramolecular Hbond substituents is 1. The smallest absolute Gasteiger partial charge is 0.330 e. The summed E-state index contributed by atoms with van der Waals surface area (Å²) in [4.78, 5) is 11.2. The van der Waals surface area contributed by atoms with E-state index in [0.29, 0.717) is 5.56 Å². The predicted molar refractivity (Wildman–Crippen MR) is 122 cm³/mol. The van der Waals surface area contributed by atoms with Crippen LogP contribution in [-0.2, 0) is 19.4 Å². The quantitative estimate of drug-likeness (QED) is 0.326. The molecular formula is C23H18Cl2O6S. The lowest BCUT2D eigenvalue weighted by atomic mass is 10.2. The molecule has 0 aliphatic heterocycles. The van der Waals surface area contributed by atoms with E-state index in [-0.39, 0.29) is 37.9 Å². The average Bonchev–Trinajstić information content (AvgIpc) is 2.76. The van der Waals surface area contributed by atoms with E-state index in [1.54, 1.807) is 25.1 Å². The maximum atomic E-state index is 12.9. The minimum atomic E-state index is -3.98. The number of hydrogen-bond donors (Lipinski definition) is 1. The predicted octanol–water partition coefficient (Wildman–Crippen LogP) is 5.90. The number of sulfone groups is 1. The van der Waals surface area contributed by atoms with Gasteiger partial charge in [0.25, 0.3) is 0 Å². The molecule has 0 atom stereocenters. The van der Waals surface area contributed by atoms with Crippen molar-refractivity contribution in [2.75, 3.05) is 6.61 Å². The second-order valence-corrected chi connectivity index (χ2v) is 9.18. The third-order valence-electron chi connectivity index (χ3n) is 4.21. The van der Waals surface area contributed by atoms with Crippen molar-refractivity contribution in [1.82, 2.24) is 0 Å². The molecule has 0 amide bonds. The Morgan fingerprint density at radius 2 is 1.69 bits per heavy atom. The normalized spacial score (nSPS) is 11.5. The van der Waals surface area contributed by atoms with E-state index >= 15 is 0 Å². The maximum absolute atomic E-state index is 12.9. The van der Waals surface area contributed by atoms with Gasteiger partial charge in [-0.05, 0) is 55.0 Å². The summed E-state index contributed by atoms with van der Waals surface area (Å²) in [5.74, 6) is -0.722. The fourth-order valence-corrected chi connectivity index (χ4v) is 4.71. The molecular weight excluding hydrogens is 475 g/mol. The lowest BCUT2D eigenvalue weighted by Crippen LogP contribution is -2.02. The molecule has 3 aromatic rings. The minimum Gasteiger partial charge on any atom is -0.507 e. The van der Waals surface area contributed by atoms with Crippen LogP contribution in [0.2, 0.25) is 10.0 Å². The van der Waals surface area contributed by atoms with Gasteiger partial charge in [0.1, 0.15) is 16.4 Å². The zero-order valence-corrected chi connectivity index (χ0v) is 19.1. The highest BCUT2D eigenvalue weighted by Gasteiger charge is 2.22. The third-order valence-corrected chi connectivity index (χ3v) is 6.57. The largest absolute Gasteiger partial charge is 0.507 e. The van der Waals surface area contributed by atoms with Crippen molar-refractivity contribution in [3.63, 3.8) is 0 Å². The number of esters is 1. The molecule has 0 heterocycles. The Bertz CT molecular complexity index is 1250. The second-order valence-electron chi connectivity index (χ2n) is 6.45. The summed E-state index contributed by atoms with van der Waals surface area (Å²) in [5.41, 5.74) is 0.540. The van der Waals surface area contributed by atoms with Crippen LogP contribution in [0.5, 0.6) is 17.2 Å². The van der Waals surface area contributed by atoms with Gasteiger partial charge in [0.15, 0.2) is 5.75 Å². The number of aromatic hydroxyl groups is 1. The summed E-state index contributed by atoms with van der Waals surface area (Å²) in [6.07, 6.45) is 2.73. The van der Waals surface area contributed by atoms with E-state index in [4.69, 9.17) is 32.7 Å². The molecule has 32 heavy (non-hydrogen) atoms. The van der Waals surface area contributed by atoms with Gasteiger partial charge in [-0.2, -0.15) is 0 Å². The zero-order chi connectivity index (χ0) is 23.3. The Hall–Kier alpha value is -3.00. The number of rotatable bonds is 7. The minimum absolute atomic E-state index is 0.0289. The van der Waals surface area contributed by atoms with Crippen LogP contribution < -0.4 is 4.74 Å². The molecule has 0 aliphatic rings. The van der Waals surface area contributed by atoms with Gasteiger partial charge in [-0.3, -0.25) is 0 Å². The van der Waals surface area contributed by atoms with Gasteiger partial charge in [0.05, 0.1) is 21.5 Å². The second kappa shape index (κ2) is 10.1. The summed E-state index contributed by atoms with van der Waals surface area (Å²) >= 11 is 12.6. The standard InChI is InChI=1S/C23H18Cl2O6S/c1-2-30-22(27)11-8-15-12-18(24)23(19(25)13-15)31-16-9-10-20(26)21(14-16)32(28,29)17-6-4-3-5-7-17/h3-14,26H,2H2,1H3. The molecule has 0 aliphatic carbocycles. The van der Waals surface area contributed by atoms with Gasteiger partial charge in [-0.1, -0.05) is 41.4 Å². The highest BCUT2D eigenvalue weighted by atomic mass is 35.5. The molecule has 9 heteroatoms. The highest BCUT2D eigenvalue weighted by molar-refractivity contribution is 7.91. The van der Waals surface area contributed by atoms with Crippen LogP contribution in [0.4, 0.5) is 0 Å². The third kappa shape index (κ3) is 5.43. The van der Waals surface area contributed by atoms with Gasteiger partial charge >= 0.3 is 5.97 Å². The number of halogens is 2. The summed E-state index contributed by atoms with van der Waals surface area (Å²) in [6, 6.07) is 14.6. The molecule has 0 spiro atoms. The Labute approximate surface area is 195 Å². The van der Waals surface area contributed by atoms with Crippen molar-refractivity contribution >= 4 is 45.1 Å². The van der Waals surface area contributed by atoms with Crippen molar-refractivity contribution in [1.29, 1.82) is 0 Å². The summed E-state index contributed by atoms with van der Waals surface area (Å²) in [6.45, 7) is 1.96. The summed E-state index contributed by atoms with van der Waals surface area (Å²) in [7, 11) is -3.98. The SMILES string of the molecule is CCOC(=O)C=Cc1cc(Cl)c(Oc2ccc(O)c(S(=O)(=O)c3ccccc3)c2)c(Cl)c1. The molecule has 0 bridgehead atoms. The fraction of sp³-hybridized carbons (Fsp3) is 0.0870. The van der Waals surface area contributed by atoms with Crippen LogP contribution in [0.25, 0.3) is 6.08 Å². The van der Waals surface area contributed by atoms with Crippen molar-refractivity contribution in [3.05, 3.63) is 82.3 Å². The van der Waals surface area contributed by atoms with E-state index in [1.165, 1.54) is 54.6 Å². The first kappa shape index (κ1) is 23.7. The fourth-order valence-electron chi connectivity index (χ4n) is 2.75. The van der Waals surface area contributed by atoms with E-state index in [1.807, 2.05) is 0 Å². The van der Waals surface area contributed by atoms with Crippen LogP contribution in [-0.4, -0.2) is 26.1 Å². The van der Waals surface area contributed by atoms with Crippen LogP contribution in [0.1, 0.15) is 12.5 Å². The average molecular weight is 493 g/mol. The topological polar surface area (TPSA) is 89.9 Å². The number of ether oxygens (including phenoxy) is 2. The van der Waals surface area contributed by atoms with Gasteiger partial charge in [0, 0.05) is 12.1 Å². The first-order valence-corrected chi connectivity index (χ1v) is 11.6. The number of phenols is 1. The van der Waals surface area contributed by atoms with Crippen molar-refractivity contribution in [3.8, 4) is 17.2 Å². The Morgan fingerprint density at radius 3 is 2.31 bits per heavy atom. The Balaban J connectivity index is 1.91. The Kier molecular flexibility index (Phi) is 7.45. The number of carbonyl (C=O) groups is 1. The molecule has 3 aromatic carbocycles. The number of benzene rings is 3. The van der Waals surface area contributed by atoms with Crippen LogP contribution in [0.3, 0.4) is 0 Å². The van der Waals surface area contributed by atoms with Crippen molar-refractivity contribution in [2.24, 2.45) is 0 Å². The van der Waals surface area contributed by atoms with Crippen molar-refractivity contribution < 1.29 is 27.8 Å². The monoisotopic (exact) mass is 492 g/mol. The zero-order valence-electron chi connectivity index (χ0n) is 16.8. The van der Waals surface area contributed by atoms with E-state index in [2.05, 4.69) is 0 Å². The Morgan fingerprint density at radius 1 is 1.03 bits per heavy atom. The molecule has 3 rings (SSSR count). The lowest BCUT2D eigenvalue weighted by Gasteiger charge is -2.13. The van der Waals surface area contributed by atoms with Gasteiger partial charge < -0.3 is 14.6 Å². The van der Waals surface area contributed by atoms with Crippen LogP contribution in [0, 0.1) is 0 Å². The molecule has 0 fully saturated rings. The molecule has 0 unspecified atom stereocenters. The number of hydrogen-bond acceptors (Lipinski definition) is 6. The van der Waals surface area contributed by atoms with Crippen LogP contribution >= 0.6 is 23.2 Å². The van der Waals surface area contributed by atoms with Crippen LogP contribution in [0.15, 0.2) is 76.5 Å². The van der Waals surface area contributed by atoms with E-state index < -0.39 is 21.6 Å². The maximum Gasteiger partial charge on any atom is 0.330 e. The molecule has 0 saturated carbocycles. The molecule has 166 valence electrons. The molecule has 6 nitrogen and oxygen atoms in total. The first-order chi connectivity index (χ1) is 15.2. The molecule has 0 aromatic heterocycles. The van der Waals surface area contributed by atoms with Crippen molar-refractivity contribution in [2.45, 2.75) is 16.7 Å². The van der Waals surface area contributed by atoms with E-state index in [0.717, 1.165) is 0 Å².